The molecule has 2 rings (SSSR count). The highest BCUT2D eigenvalue weighted by molar-refractivity contribution is 6.56. The molecule has 1 fully saturated rings. The van der Waals surface area contributed by atoms with Gasteiger partial charge in [0.2, 0.25) is 0 Å². The number of nitrogens with zero attached hydrogens (tertiary/aromatic N) is 1. The van der Waals surface area contributed by atoms with E-state index in [1.54, 1.807) is 6.20 Å². The van der Waals surface area contributed by atoms with Crippen molar-refractivity contribution < 1.29 is 9.31 Å². The Bertz CT molecular complexity index is 572. The Morgan fingerprint density at radius 3 is 2.41 bits per heavy atom. The maximum atomic E-state index is 6.14. The van der Waals surface area contributed by atoms with Gasteiger partial charge in [0.15, 0.2) is 0 Å². The number of likely N-dealkylation sites (N-methyl/N-ethyl adjacent to an activating group) is 1. The Balaban J connectivity index is 2.33. The summed E-state index contributed by atoms with van der Waals surface area (Å²) in [7, 11) is 1.54. The largest absolute Gasteiger partial charge is 0.491 e. The number of hydrogen-bond acceptors (Lipinski definition) is 4. The number of hydrogen-bond donors (Lipinski definition) is 1. The molecule has 1 saturated heterocycles. The van der Waals surface area contributed by atoms with E-state index in [9.17, 15) is 0 Å². The van der Waals surface area contributed by atoms with Crippen molar-refractivity contribution in [3.05, 3.63) is 34.0 Å². The van der Waals surface area contributed by atoms with E-state index in [0.717, 1.165) is 16.6 Å². The molecule has 6 heteroatoms. The number of rotatable bonds is 4. The lowest BCUT2D eigenvalue weighted by Gasteiger charge is -2.32. The fraction of sp³-hybridized carbons (Fsp3) is 0.562. The van der Waals surface area contributed by atoms with Crippen LogP contribution in [0.1, 0.15) is 38.8 Å². The highest BCUT2D eigenvalue weighted by Gasteiger charge is 2.52. The zero-order chi connectivity index (χ0) is 16.5. The number of aromatic nitrogens is 1. The molecule has 0 radical (unpaired) electrons. The molecule has 0 unspecified atom stereocenters. The van der Waals surface area contributed by atoms with Crippen molar-refractivity contribution in [3.63, 3.8) is 0 Å². The highest BCUT2D eigenvalue weighted by Crippen LogP contribution is 2.38. The van der Waals surface area contributed by atoms with Crippen LogP contribution in [0.25, 0.3) is 6.08 Å². The Kier molecular flexibility index (Phi) is 5.02. The van der Waals surface area contributed by atoms with Gasteiger partial charge in [0.1, 0.15) is 5.15 Å². The SMILES string of the molecule is CNCC(=Cc1cnc(Cl)cc1C)B1OC(C)(C)C(C)(C)O1. The van der Waals surface area contributed by atoms with E-state index >= 15 is 0 Å². The fourth-order valence-electron chi connectivity index (χ4n) is 2.28. The van der Waals surface area contributed by atoms with E-state index < -0.39 is 0 Å². The molecular weight excluding hydrogens is 298 g/mol. The van der Waals surface area contributed by atoms with Gasteiger partial charge in [-0.3, -0.25) is 0 Å². The lowest BCUT2D eigenvalue weighted by atomic mass is 9.77. The van der Waals surface area contributed by atoms with E-state index in [1.165, 1.54) is 0 Å². The van der Waals surface area contributed by atoms with E-state index in [0.29, 0.717) is 11.7 Å². The molecule has 0 atom stereocenters. The van der Waals surface area contributed by atoms with Crippen LogP contribution in [0.3, 0.4) is 0 Å². The molecule has 2 heterocycles. The van der Waals surface area contributed by atoms with Gasteiger partial charge in [-0.1, -0.05) is 17.7 Å². The first-order chi connectivity index (χ1) is 10.2. The minimum atomic E-state index is -0.368. The maximum Gasteiger partial charge on any atom is 0.491 e. The van der Waals surface area contributed by atoms with Gasteiger partial charge >= 0.3 is 7.12 Å². The molecule has 0 saturated carbocycles. The lowest BCUT2D eigenvalue weighted by molar-refractivity contribution is 0.00578. The zero-order valence-corrected chi connectivity index (χ0v) is 14.9. The molecule has 0 aliphatic carbocycles. The van der Waals surface area contributed by atoms with Crippen LogP contribution >= 0.6 is 11.6 Å². The molecule has 0 spiro atoms. The molecule has 120 valence electrons. The standard InChI is InChI=1S/C16H24BClN2O2/c1-11-7-14(18)20-9-12(11)8-13(10-19-6)17-21-15(2,3)16(4,5)22-17/h7-9,19H,10H2,1-6H3. The van der Waals surface area contributed by atoms with Gasteiger partial charge in [-0.2, -0.15) is 0 Å². The molecule has 1 aromatic rings. The van der Waals surface area contributed by atoms with Crippen LogP contribution in [0.2, 0.25) is 5.15 Å². The van der Waals surface area contributed by atoms with Gasteiger partial charge in [0, 0.05) is 12.7 Å². The van der Waals surface area contributed by atoms with Crippen LogP contribution in [-0.4, -0.2) is 36.9 Å². The van der Waals surface area contributed by atoms with Crippen LogP contribution < -0.4 is 5.32 Å². The summed E-state index contributed by atoms with van der Waals surface area (Å²) in [5, 5.41) is 3.68. The first-order valence-corrected chi connectivity index (χ1v) is 7.87. The van der Waals surface area contributed by atoms with Crippen LogP contribution in [0.4, 0.5) is 0 Å². The van der Waals surface area contributed by atoms with Gasteiger partial charge in [-0.15, -0.1) is 0 Å². The second-order valence-electron chi connectivity index (χ2n) is 6.70. The fourth-order valence-corrected chi connectivity index (χ4v) is 2.50. The highest BCUT2D eigenvalue weighted by atomic mass is 35.5. The predicted molar refractivity (Wildman–Crippen MR) is 92.0 cm³/mol. The quantitative estimate of drug-likeness (QED) is 0.682. The normalized spacial score (nSPS) is 20.5. The first-order valence-electron chi connectivity index (χ1n) is 7.49. The summed E-state index contributed by atoms with van der Waals surface area (Å²) in [6.45, 7) is 10.9. The van der Waals surface area contributed by atoms with E-state index in [4.69, 9.17) is 20.9 Å². The molecule has 1 aliphatic heterocycles. The summed E-state index contributed by atoms with van der Waals surface area (Å²) in [5.41, 5.74) is 2.43. The van der Waals surface area contributed by atoms with Crippen molar-refractivity contribution in [1.82, 2.24) is 10.3 Å². The summed E-state index contributed by atoms with van der Waals surface area (Å²) in [6, 6.07) is 1.86. The van der Waals surface area contributed by atoms with Gasteiger partial charge in [0.25, 0.3) is 0 Å². The van der Waals surface area contributed by atoms with E-state index in [1.807, 2.05) is 20.0 Å². The maximum absolute atomic E-state index is 6.14. The number of aryl methyl sites for hydroxylation is 1. The number of pyridine rings is 1. The Labute approximate surface area is 138 Å². The molecule has 0 aromatic carbocycles. The molecule has 1 aliphatic rings. The van der Waals surface area contributed by atoms with Crippen LogP contribution in [-0.2, 0) is 9.31 Å². The summed E-state index contributed by atoms with van der Waals surface area (Å²) < 4.78 is 12.3. The van der Waals surface area contributed by atoms with Crippen molar-refractivity contribution >= 4 is 24.8 Å². The van der Waals surface area contributed by atoms with Gasteiger partial charge in [0.05, 0.1) is 11.2 Å². The monoisotopic (exact) mass is 322 g/mol. The summed E-state index contributed by atoms with van der Waals surface area (Å²) in [5.74, 6) is 0. The van der Waals surface area contributed by atoms with Gasteiger partial charge in [-0.25, -0.2) is 4.98 Å². The van der Waals surface area contributed by atoms with Crippen molar-refractivity contribution in [2.45, 2.75) is 45.8 Å². The molecule has 0 amide bonds. The molecule has 1 aromatic heterocycles. The Morgan fingerprint density at radius 1 is 1.32 bits per heavy atom. The summed E-state index contributed by atoms with van der Waals surface area (Å²) in [6.07, 6.45) is 3.84. The van der Waals surface area contributed by atoms with Crippen LogP contribution in [0.15, 0.2) is 17.7 Å². The van der Waals surface area contributed by atoms with Gasteiger partial charge < -0.3 is 14.6 Å². The second-order valence-corrected chi connectivity index (χ2v) is 7.09. The third kappa shape index (κ3) is 3.54. The van der Waals surface area contributed by atoms with Crippen molar-refractivity contribution in [3.8, 4) is 0 Å². The predicted octanol–water partition coefficient (Wildman–Crippen LogP) is 3.28. The topological polar surface area (TPSA) is 43.4 Å². The number of nitrogens with one attached hydrogen (secondary N) is 1. The second kappa shape index (κ2) is 6.32. The molecule has 1 N–H and O–H groups in total. The minimum Gasteiger partial charge on any atom is -0.400 e. The lowest BCUT2D eigenvalue weighted by Crippen LogP contribution is -2.41. The van der Waals surface area contributed by atoms with Crippen molar-refractivity contribution in [1.29, 1.82) is 0 Å². The average molecular weight is 323 g/mol. The number of halogens is 1. The van der Waals surface area contributed by atoms with Crippen LogP contribution in [0.5, 0.6) is 0 Å². The average Bonchev–Trinajstić information content (AvgIpc) is 2.61. The minimum absolute atomic E-state index is 0.349. The summed E-state index contributed by atoms with van der Waals surface area (Å²) in [4.78, 5) is 4.16. The van der Waals surface area contributed by atoms with E-state index in [2.05, 4.69) is 44.1 Å². The van der Waals surface area contributed by atoms with Crippen LogP contribution in [0, 0.1) is 6.92 Å². The van der Waals surface area contributed by atoms with Crippen molar-refractivity contribution in [2.24, 2.45) is 0 Å². The smallest absolute Gasteiger partial charge is 0.400 e. The third-order valence-corrected chi connectivity index (χ3v) is 4.60. The molecule has 0 bridgehead atoms. The molecule has 22 heavy (non-hydrogen) atoms. The van der Waals surface area contributed by atoms with Gasteiger partial charge in [-0.05, 0) is 64.3 Å². The molecule has 4 nitrogen and oxygen atoms in total. The Morgan fingerprint density at radius 2 is 1.91 bits per heavy atom. The third-order valence-electron chi connectivity index (χ3n) is 4.40. The zero-order valence-electron chi connectivity index (χ0n) is 14.2. The molecular formula is C16H24BClN2O2. The van der Waals surface area contributed by atoms with Crippen molar-refractivity contribution in [2.75, 3.05) is 13.6 Å². The Hall–Kier alpha value is -0.875. The summed E-state index contributed by atoms with van der Waals surface area (Å²) >= 11 is 5.92. The first kappa shape index (κ1) is 17.5. The van der Waals surface area contributed by atoms with E-state index in [-0.39, 0.29) is 18.3 Å².